The molecule has 0 saturated carbocycles. The second kappa shape index (κ2) is 8.26. The summed E-state index contributed by atoms with van der Waals surface area (Å²) in [6, 6.07) is 13.2. The molecule has 1 saturated heterocycles. The molecular formula is C21H16BrN3O3S. The van der Waals surface area contributed by atoms with Gasteiger partial charge >= 0.3 is 0 Å². The van der Waals surface area contributed by atoms with Crippen LogP contribution in [0.2, 0.25) is 0 Å². The molecule has 1 aliphatic rings. The number of imide groups is 1. The zero-order chi connectivity index (χ0) is 20.4. The molecule has 2 aromatic heterocycles. The van der Waals surface area contributed by atoms with E-state index in [2.05, 4.69) is 20.9 Å². The fourth-order valence-corrected chi connectivity index (χ4v) is 4.22. The summed E-state index contributed by atoms with van der Waals surface area (Å²) in [5.74, 6) is -0.990. The monoisotopic (exact) mass is 469 g/mol. The van der Waals surface area contributed by atoms with Gasteiger partial charge < -0.3 is 4.90 Å². The van der Waals surface area contributed by atoms with Gasteiger partial charge in [-0.05, 0) is 47.3 Å². The average Bonchev–Trinajstić information content (AvgIpc) is 3.36. The summed E-state index contributed by atoms with van der Waals surface area (Å²) in [7, 11) is 0. The topological polar surface area (TPSA) is 70.6 Å². The highest BCUT2D eigenvalue weighted by Crippen LogP contribution is 2.29. The lowest BCUT2D eigenvalue weighted by molar-refractivity contribution is -0.122. The summed E-state index contributed by atoms with van der Waals surface area (Å²) >= 11 is 4.66. The smallest absolute Gasteiger partial charge is 0.264 e. The molecule has 1 aromatic carbocycles. The molecule has 3 amide bonds. The molecule has 0 aliphatic carbocycles. The summed E-state index contributed by atoms with van der Waals surface area (Å²) < 4.78 is 0.850. The quantitative estimate of drug-likeness (QED) is 0.531. The van der Waals surface area contributed by atoms with Crippen LogP contribution in [0, 0.1) is 0 Å². The minimum absolute atomic E-state index is 0.0493. The van der Waals surface area contributed by atoms with Crippen molar-refractivity contribution in [1.82, 2.24) is 9.88 Å². The molecule has 3 heterocycles. The van der Waals surface area contributed by atoms with E-state index < -0.39 is 11.9 Å². The maximum Gasteiger partial charge on any atom is 0.264 e. The molecule has 1 fully saturated rings. The maximum absolute atomic E-state index is 13.2. The lowest BCUT2D eigenvalue weighted by Crippen LogP contribution is -2.45. The Morgan fingerprint density at radius 2 is 1.97 bits per heavy atom. The predicted molar refractivity (Wildman–Crippen MR) is 113 cm³/mol. The molecule has 0 N–H and O–H groups in total. The van der Waals surface area contributed by atoms with Gasteiger partial charge in [0.25, 0.3) is 11.8 Å². The minimum Gasteiger partial charge on any atom is -0.321 e. The minimum atomic E-state index is -0.860. The molecule has 1 aliphatic heterocycles. The van der Waals surface area contributed by atoms with E-state index in [0.717, 1.165) is 14.9 Å². The summed E-state index contributed by atoms with van der Waals surface area (Å²) in [6.07, 6.45) is 3.25. The van der Waals surface area contributed by atoms with Crippen molar-refractivity contribution in [2.24, 2.45) is 0 Å². The maximum atomic E-state index is 13.2. The van der Waals surface area contributed by atoms with Crippen LogP contribution >= 0.6 is 27.3 Å². The fourth-order valence-electron chi connectivity index (χ4n) is 3.27. The molecule has 4 rings (SSSR count). The van der Waals surface area contributed by atoms with Crippen LogP contribution in [0.4, 0.5) is 5.69 Å². The molecule has 29 heavy (non-hydrogen) atoms. The van der Waals surface area contributed by atoms with E-state index in [1.54, 1.807) is 54.9 Å². The highest BCUT2D eigenvalue weighted by atomic mass is 79.9. The molecule has 6 nitrogen and oxygen atoms in total. The highest BCUT2D eigenvalue weighted by Gasteiger charge is 2.44. The average molecular weight is 470 g/mol. The second-order valence-electron chi connectivity index (χ2n) is 6.54. The number of rotatable bonds is 5. The Morgan fingerprint density at radius 3 is 2.62 bits per heavy atom. The normalized spacial score (nSPS) is 16.3. The van der Waals surface area contributed by atoms with Crippen molar-refractivity contribution in [3.63, 3.8) is 0 Å². The zero-order valence-corrected chi connectivity index (χ0v) is 17.6. The molecule has 3 aromatic rings. The Morgan fingerprint density at radius 1 is 1.17 bits per heavy atom. The van der Waals surface area contributed by atoms with Gasteiger partial charge in [0.2, 0.25) is 5.91 Å². The third-order valence-corrected chi connectivity index (χ3v) is 6.04. The van der Waals surface area contributed by atoms with Crippen LogP contribution in [-0.4, -0.2) is 33.6 Å². The van der Waals surface area contributed by atoms with Gasteiger partial charge in [-0.15, -0.1) is 11.3 Å². The lowest BCUT2D eigenvalue weighted by Gasteiger charge is -2.27. The highest BCUT2D eigenvalue weighted by molar-refractivity contribution is 9.10. The van der Waals surface area contributed by atoms with E-state index in [1.807, 2.05) is 11.4 Å². The number of benzene rings is 1. The van der Waals surface area contributed by atoms with E-state index in [0.29, 0.717) is 10.6 Å². The van der Waals surface area contributed by atoms with Crippen LogP contribution in [-0.2, 0) is 16.1 Å². The van der Waals surface area contributed by atoms with Gasteiger partial charge in [0.05, 0.1) is 17.0 Å². The van der Waals surface area contributed by atoms with Crippen molar-refractivity contribution in [2.45, 2.75) is 19.0 Å². The summed E-state index contributed by atoms with van der Waals surface area (Å²) in [5.41, 5.74) is 1.29. The van der Waals surface area contributed by atoms with Crippen LogP contribution < -0.4 is 4.90 Å². The number of pyridine rings is 1. The van der Waals surface area contributed by atoms with Gasteiger partial charge in [0.15, 0.2) is 0 Å². The summed E-state index contributed by atoms with van der Waals surface area (Å²) in [6.45, 7) is 0.197. The largest absolute Gasteiger partial charge is 0.321 e. The van der Waals surface area contributed by atoms with Crippen LogP contribution in [0.15, 0.2) is 70.8 Å². The van der Waals surface area contributed by atoms with Crippen LogP contribution in [0.1, 0.15) is 21.7 Å². The first-order valence-corrected chi connectivity index (χ1v) is 10.6. The van der Waals surface area contributed by atoms with Gasteiger partial charge in [-0.3, -0.25) is 19.4 Å². The summed E-state index contributed by atoms with van der Waals surface area (Å²) in [5, 5.41) is 1.81. The third-order valence-electron chi connectivity index (χ3n) is 4.65. The standard InChI is InChI=1S/C21H16BrN3O3S/c22-15-5-7-16(8-6-15)25-19(26)11-17(20(25)27)24(13-14-3-1-9-23-12-14)21(28)18-4-2-10-29-18/h1-10,12,17H,11,13H2. The number of aromatic nitrogens is 1. The van der Waals surface area contributed by atoms with Gasteiger partial charge in [-0.25, -0.2) is 4.90 Å². The first kappa shape index (κ1) is 19.5. The van der Waals surface area contributed by atoms with Crippen molar-refractivity contribution in [3.05, 3.63) is 81.2 Å². The number of hydrogen-bond acceptors (Lipinski definition) is 5. The van der Waals surface area contributed by atoms with E-state index in [-0.39, 0.29) is 24.8 Å². The molecular weight excluding hydrogens is 454 g/mol. The predicted octanol–water partition coefficient (Wildman–Crippen LogP) is 3.88. The number of carbonyl (C=O) groups is 3. The first-order valence-electron chi connectivity index (χ1n) is 8.90. The van der Waals surface area contributed by atoms with Crippen molar-refractivity contribution in [1.29, 1.82) is 0 Å². The first-order chi connectivity index (χ1) is 14.0. The Kier molecular flexibility index (Phi) is 5.55. The molecule has 1 atom stereocenters. The van der Waals surface area contributed by atoms with Gasteiger partial charge in [0.1, 0.15) is 6.04 Å². The molecule has 146 valence electrons. The molecule has 0 bridgehead atoms. The van der Waals surface area contributed by atoms with E-state index in [9.17, 15) is 14.4 Å². The van der Waals surface area contributed by atoms with Crippen molar-refractivity contribution in [2.75, 3.05) is 4.90 Å². The van der Waals surface area contributed by atoms with E-state index >= 15 is 0 Å². The summed E-state index contributed by atoms with van der Waals surface area (Å²) in [4.78, 5) is 46.3. The van der Waals surface area contributed by atoms with E-state index in [1.165, 1.54) is 16.2 Å². The lowest BCUT2D eigenvalue weighted by atomic mass is 10.1. The molecule has 0 spiro atoms. The van der Waals surface area contributed by atoms with Crippen LogP contribution in [0.25, 0.3) is 0 Å². The Labute approximate surface area is 179 Å². The molecule has 1 unspecified atom stereocenters. The molecule has 8 heteroatoms. The second-order valence-corrected chi connectivity index (χ2v) is 8.40. The van der Waals surface area contributed by atoms with Crippen molar-refractivity contribution in [3.8, 4) is 0 Å². The number of nitrogens with zero attached hydrogens (tertiary/aromatic N) is 3. The van der Waals surface area contributed by atoms with Gasteiger partial charge in [-0.2, -0.15) is 0 Å². The van der Waals surface area contributed by atoms with Gasteiger partial charge in [0, 0.05) is 23.4 Å². The number of amides is 3. The fraction of sp³-hybridized carbons (Fsp3) is 0.143. The van der Waals surface area contributed by atoms with Crippen LogP contribution in [0.3, 0.4) is 0 Å². The zero-order valence-electron chi connectivity index (χ0n) is 15.2. The van der Waals surface area contributed by atoms with Crippen molar-refractivity contribution >= 4 is 50.7 Å². The van der Waals surface area contributed by atoms with Crippen LogP contribution in [0.5, 0.6) is 0 Å². The van der Waals surface area contributed by atoms with E-state index in [4.69, 9.17) is 0 Å². The number of halogens is 1. The Bertz CT molecular complexity index is 1040. The van der Waals surface area contributed by atoms with Crippen molar-refractivity contribution < 1.29 is 14.4 Å². The SMILES string of the molecule is O=C1CC(N(Cc2cccnc2)C(=O)c2cccs2)C(=O)N1c1ccc(Br)cc1. The van der Waals surface area contributed by atoms with Gasteiger partial charge in [-0.1, -0.05) is 28.1 Å². The number of thiophene rings is 1. The number of carbonyl (C=O) groups excluding carboxylic acids is 3. The number of hydrogen-bond donors (Lipinski definition) is 0. The molecule has 0 radical (unpaired) electrons. The Hall–Kier alpha value is -2.84. The third kappa shape index (κ3) is 3.99. The Balaban J connectivity index is 1.66. The number of anilines is 1.